The Kier molecular flexibility index (Phi) is 4.92. The maximum Gasteiger partial charge on any atom is 0.289 e. The highest BCUT2D eigenvalue weighted by atomic mass is 16.5. The van der Waals surface area contributed by atoms with Crippen LogP contribution in [0.3, 0.4) is 0 Å². The number of hydrogen-bond donors (Lipinski definition) is 0. The molecule has 1 fully saturated rings. The molecule has 20 heavy (non-hydrogen) atoms. The number of likely N-dealkylation sites (N-methyl/N-ethyl adjacent to an activating group) is 1. The van der Waals surface area contributed by atoms with E-state index in [-0.39, 0.29) is 17.1 Å². The number of hydrogen-bond acceptors (Lipinski definition) is 5. The van der Waals surface area contributed by atoms with Crippen LogP contribution in [0.25, 0.3) is 0 Å². The van der Waals surface area contributed by atoms with E-state index in [0.717, 1.165) is 32.8 Å². The zero-order chi connectivity index (χ0) is 14.5. The molecule has 2 heterocycles. The van der Waals surface area contributed by atoms with Gasteiger partial charge in [-0.25, -0.2) is 0 Å². The average molecular weight is 280 g/mol. The fourth-order valence-corrected chi connectivity index (χ4v) is 2.11. The van der Waals surface area contributed by atoms with Crippen LogP contribution in [0.15, 0.2) is 21.3 Å². The molecule has 1 amide bonds. The van der Waals surface area contributed by atoms with Crippen LogP contribution in [0.5, 0.6) is 0 Å². The molecule has 0 unspecified atom stereocenters. The number of nitrogens with zero attached hydrogens (tertiary/aromatic N) is 2. The van der Waals surface area contributed by atoms with Gasteiger partial charge in [0.25, 0.3) is 5.91 Å². The lowest BCUT2D eigenvalue weighted by molar-refractivity contribution is 0.0335. The molecule has 0 aromatic carbocycles. The monoisotopic (exact) mass is 280 g/mol. The van der Waals surface area contributed by atoms with E-state index in [2.05, 4.69) is 4.90 Å². The Morgan fingerprint density at radius 2 is 2.05 bits per heavy atom. The van der Waals surface area contributed by atoms with E-state index in [0.29, 0.717) is 12.3 Å². The Bertz CT molecular complexity index is 520. The van der Waals surface area contributed by atoms with Crippen molar-refractivity contribution >= 4 is 5.91 Å². The first-order chi connectivity index (χ1) is 9.56. The fraction of sp³-hybridized carbons (Fsp3) is 0.571. The van der Waals surface area contributed by atoms with Crippen molar-refractivity contribution < 1.29 is 13.9 Å². The van der Waals surface area contributed by atoms with Crippen LogP contribution in [-0.2, 0) is 4.74 Å². The van der Waals surface area contributed by atoms with Crippen molar-refractivity contribution in [3.05, 3.63) is 33.9 Å². The van der Waals surface area contributed by atoms with Crippen LogP contribution in [0.1, 0.15) is 16.3 Å². The van der Waals surface area contributed by atoms with Gasteiger partial charge in [-0.1, -0.05) is 0 Å². The van der Waals surface area contributed by atoms with E-state index in [1.807, 2.05) is 0 Å². The van der Waals surface area contributed by atoms with Crippen LogP contribution in [0.2, 0.25) is 0 Å². The van der Waals surface area contributed by atoms with Gasteiger partial charge in [-0.2, -0.15) is 0 Å². The zero-order valence-electron chi connectivity index (χ0n) is 11.9. The van der Waals surface area contributed by atoms with Gasteiger partial charge in [-0.15, -0.1) is 0 Å². The maximum atomic E-state index is 12.2. The molecule has 6 heteroatoms. The van der Waals surface area contributed by atoms with E-state index in [1.165, 1.54) is 12.1 Å². The predicted octanol–water partition coefficient (Wildman–Crippen LogP) is 0.352. The third kappa shape index (κ3) is 3.91. The highest BCUT2D eigenvalue weighted by molar-refractivity contribution is 5.91. The summed E-state index contributed by atoms with van der Waals surface area (Å²) in [6.45, 7) is 6.31. The molecular weight excluding hydrogens is 260 g/mol. The Labute approximate surface area is 117 Å². The fourth-order valence-electron chi connectivity index (χ4n) is 2.11. The summed E-state index contributed by atoms with van der Waals surface area (Å²) in [6, 6.07) is 2.60. The van der Waals surface area contributed by atoms with Gasteiger partial charge in [-0.3, -0.25) is 14.5 Å². The Balaban J connectivity index is 1.92. The van der Waals surface area contributed by atoms with E-state index in [9.17, 15) is 9.59 Å². The summed E-state index contributed by atoms with van der Waals surface area (Å²) in [5.74, 6) is 0.279. The molecule has 1 aliphatic rings. The quantitative estimate of drug-likeness (QED) is 0.796. The molecule has 0 aliphatic carbocycles. The van der Waals surface area contributed by atoms with Crippen molar-refractivity contribution in [3.63, 3.8) is 0 Å². The maximum absolute atomic E-state index is 12.2. The molecular formula is C14H20N2O4. The second-order valence-electron chi connectivity index (χ2n) is 4.95. The van der Waals surface area contributed by atoms with Gasteiger partial charge >= 0.3 is 0 Å². The zero-order valence-corrected chi connectivity index (χ0v) is 11.9. The van der Waals surface area contributed by atoms with Gasteiger partial charge in [0.1, 0.15) is 5.76 Å². The molecule has 0 bridgehead atoms. The van der Waals surface area contributed by atoms with Crippen LogP contribution in [0.4, 0.5) is 0 Å². The molecule has 1 aromatic rings. The molecule has 110 valence electrons. The largest absolute Gasteiger partial charge is 0.456 e. The van der Waals surface area contributed by atoms with Gasteiger partial charge in [-0.05, 0) is 6.92 Å². The minimum atomic E-state index is -0.265. The summed E-state index contributed by atoms with van der Waals surface area (Å²) < 4.78 is 10.6. The first-order valence-corrected chi connectivity index (χ1v) is 6.73. The average Bonchev–Trinajstić information content (AvgIpc) is 2.44. The lowest BCUT2D eigenvalue weighted by Gasteiger charge is -2.28. The first kappa shape index (κ1) is 14.7. The Morgan fingerprint density at radius 3 is 2.70 bits per heavy atom. The number of carbonyl (C=O) groups excluding carboxylic acids is 1. The predicted molar refractivity (Wildman–Crippen MR) is 73.9 cm³/mol. The number of carbonyl (C=O) groups is 1. The standard InChI is InChI=1S/C14H20N2O4/c1-11-9-12(17)10-13(20-11)14(18)15(2)3-4-16-5-7-19-8-6-16/h9-10H,3-8H2,1-2H3. The van der Waals surface area contributed by atoms with Crippen LogP contribution >= 0.6 is 0 Å². The van der Waals surface area contributed by atoms with Crippen LogP contribution in [0, 0.1) is 6.92 Å². The van der Waals surface area contributed by atoms with Crippen molar-refractivity contribution in [2.75, 3.05) is 46.4 Å². The van der Waals surface area contributed by atoms with E-state index in [4.69, 9.17) is 9.15 Å². The van der Waals surface area contributed by atoms with Crippen molar-refractivity contribution in [1.29, 1.82) is 0 Å². The molecule has 0 atom stereocenters. The minimum absolute atomic E-state index is 0.0967. The van der Waals surface area contributed by atoms with Crippen molar-refractivity contribution in [2.45, 2.75) is 6.92 Å². The summed E-state index contributed by atoms with van der Waals surface area (Å²) in [4.78, 5) is 27.4. The van der Waals surface area contributed by atoms with Gasteiger partial charge in [0.05, 0.1) is 13.2 Å². The van der Waals surface area contributed by atoms with Crippen LogP contribution in [-0.4, -0.2) is 62.1 Å². The molecule has 0 radical (unpaired) electrons. The van der Waals surface area contributed by atoms with Crippen molar-refractivity contribution in [1.82, 2.24) is 9.80 Å². The van der Waals surface area contributed by atoms with E-state index in [1.54, 1.807) is 18.9 Å². The Morgan fingerprint density at radius 1 is 1.35 bits per heavy atom. The summed E-state index contributed by atoms with van der Waals surface area (Å²) in [6.07, 6.45) is 0. The molecule has 1 saturated heterocycles. The smallest absolute Gasteiger partial charge is 0.289 e. The van der Waals surface area contributed by atoms with Gasteiger partial charge in [0, 0.05) is 45.4 Å². The highest BCUT2D eigenvalue weighted by Gasteiger charge is 2.17. The lowest BCUT2D eigenvalue weighted by Crippen LogP contribution is -2.42. The Hall–Kier alpha value is -1.66. The minimum Gasteiger partial charge on any atom is -0.456 e. The lowest BCUT2D eigenvalue weighted by atomic mass is 10.3. The third-order valence-corrected chi connectivity index (χ3v) is 3.30. The summed E-state index contributed by atoms with van der Waals surface area (Å²) in [7, 11) is 1.71. The van der Waals surface area contributed by atoms with E-state index >= 15 is 0 Å². The van der Waals surface area contributed by atoms with E-state index < -0.39 is 0 Å². The summed E-state index contributed by atoms with van der Waals surface area (Å²) in [5.41, 5.74) is -0.210. The summed E-state index contributed by atoms with van der Waals surface area (Å²) >= 11 is 0. The third-order valence-electron chi connectivity index (χ3n) is 3.30. The second-order valence-corrected chi connectivity index (χ2v) is 4.95. The van der Waals surface area contributed by atoms with Crippen molar-refractivity contribution in [2.24, 2.45) is 0 Å². The number of amides is 1. The number of aryl methyl sites for hydroxylation is 1. The molecule has 0 saturated carbocycles. The second kappa shape index (κ2) is 6.67. The molecule has 2 rings (SSSR count). The molecule has 0 N–H and O–H groups in total. The number of ether oxygens (including phenoxy) is 1. The SMILES string of the molecule is Cc1cc(=O)cc(C(=O)N(C)CCN2CCOCC2)o1. The van der Waals surface area contributed by atoms with Crippen molar-refractivity contribution in [3.8, 4) is 0 Å². The molecule has 1 aliphatic heterocycles. The van der Waals surface area contributed by atoms with Crippen LogP contribution < -0.4 is 5.43 Å². The topological polar surface area (TPSA) is 63.0 Å². The van der Waals surface area contributed by atoms with Gasteiger partial charge < -0.3 is 14.1 Å². The molecule has 0 spiro atoms. The summed E-state index contributed by atoms with van der Waals surface area (Å²) in [5, 5.41) is 0. The van der Waals surface area contributed by atoms with Gasteiger partial charge in [0.15, 0.2) is 11.2 Å². The molecule has 6 nitrogen and oxygen atoms in total. The van der Waals surface area contributed by atoms with Gasteiger partial charge in [0.2, 0.25) is 0 Å². The molecule has 1 aromatic heterocycles. The highest BCUT2D eigenvalue weighted by Crippen LogP contribution is 2.05. The number of morpholine rings is 1. The first-order valence-electron chi connectivity index (χ1n) is 6.73. The normalized spacial score (nSPS) is 16.1. The number of rotatable bonds is 4.